The summed E-state index contributed by atoms with van der Waals surface area (Å²) < 4.78 is 12.4. The normalized spacial score (nSPS) is 12.0. The van der Waals surface area contributed by atoms with E-state index in [1.165, 1.54) is 10.9 Å². The largest absolute Gasteiger partial charge is 0.496 e. The van der Waals surface area contributed by atoms with Crippen molar-refractivity contribution >= 4 is 11.9 Å². The van der Waals surface area contributed by atoms with Gasteiger partial charge in [0.05, 0.1) is 19.4 Å². The predicted octanol–water partition coefficient (Wildman–Crippen LogP) is 1.27. The Hall–Kier alpha value is -2.94. The van der Waals surface area contributed by atoms with E-state index in [2.05, 4.69) is 15.6 Å². The summed E-state index contributed by atoms with van der Waals surface area (Å²) in [5.74, 6) is -0.855. The number of hydrogen-bond donors (Lipinski definition) is 2. The highest BCUT2D eigenvalue weighted by molar-refractivity contribution is 5.84. The maximum atomic E-state index is 12.1. The number of carboxylic acid groups (broad SMARTS) is 1. The number of aromatic nitrogens is 3. The Morgan fingerprint density at radius 3 is 2.65 bits per heavy atom. The zero-order chi connectivity index (χ0) is 19.1. The van der Waals surface area contributed by atoms with E-state index in [-0.39, 0.29) is 36.9 Å². The van der Waals surface area contributed by atoms with Gasteiger partial charge in [0, 0.05) is 12.1 Å². The van der Waals surface area contributed by atoms with Crippen LogP contribution in [0.5, 0.6) is 5.75 Å². The molecule has 1 atom stereocenters. The Morgan fingerprint density at radius 2 is 2.04 bits per heavy atom. The second kappa shape index (κ2) is 8.95. The van der Waals surface area contributed by atoms with Crippen molar-refractivity contribution in [2.24, 2.45) is 0 Å². The Morgan fingerprint density at radius 1 is 1.31 bits per heavy atom. The van der Waals surface area contributed by atoms with E-state index in [0.29, 0.717) is 5.75 Å². The first-order valence-corrected chi connectivity index (χ1v) is 8.09. The number of para-hydroxylation sites is 1. The lowest BCUT2D eigenvalue weighted by molar-refractivity contribution is -0.122. The van der Waals surface area contributed by atoms with E-state index in [0.717, 1.165) is 5.56 Å². The molecule has 0 saturated carbocycles. The fraction of sp³-hybridized carbons (Fsp3) is 0.412. The molecule has 1 aromatic heterocycles. The Labute approximate surface area is 150 Å². The monoisotopic (exact) mass is 362 g/mol. The van der Waals surface area contributed by atoms with Gasteiger partial charge in [-0.05, 0) is 19.9 Å². The van der Waals surface area contributed by atoms with E-state index in [4.69, 9.17) is 14.6 Å². The molecule has 9 heteroatoms. The van der Waals surface area contributed by atoms with Crippen LogP contribution in [0.2, 0.25) is 0 Å². The van der Waals surface area contributed by atoms with E-state index in [1.807, 2.05) is 38.1 Å². The number of aromatic carboxylic acids is 1. The van der Waals surface area contributed by atoms with Crippen LogP contribution < -0.4 is 10.1 Å². The summed E-state index contributed by atoms with van der Waals surface area (Å²) in [6.45, 7) is 3.92. The van der Waals surface area contributed by atoms with E-state index in [1.54, 1.807) is 7.11 Å². The summed E-state index contributed by atoms with van der Waals surface area (Å²) in [6, 6.07) is 7.45. The van der Waals surface area contributed by atoms with Crippen LogP contribution in [-0.2, 0) is 16.1 Å². The maximum Gasteiger partial charge on any atom is 0.358 e. The van der Waals surface area contributed by atoms with Crippen LogP contribution in [0.4, 0.5) is 0 Å². The minimum atomic E-state index is -1.20. The number of carbonyl (C=O) groups is 2. The molecular weight excluding hydrogens is 340 g/mol. The first kappa shape index (κ1) is 19.4. The molecule has 0 spiro atoms. The molecule has 0 aliphatic heterocycles. The molecule has 0 radical (unpaired) electrons. The molecular formula is C17H22N4O5. The molecule has 2 rings (SSSR count). The minimum absolute atomic E-state index is 0.0461. The molecule has 0 aliphatic rings. The predicted molar refractivity (Wildman–Crippen MR) is 91.9 cm³/mol. The van der Waals surface area contributed by atoms with Crippen molar-refractivity contribution in [1.29, 1.82) is 0 Å². The molecule has 2 N–H and O–H groups in total. The van der Waals surface area contributed by atoms with Crippen LogP contribution in [0.3, 0.4) is 0 Å². The molecule has 1 amide bonds. The molecule has 0 fully saturated rings. The Kier molecular flexibility index (Phi) is 6.67. The second-order valence-corrected chi connectivity index (χ2v) is 5.83. The number of methoxy groups -OCH3 is 1. The van der Waals surface area contributed by atoms with Gasteiger partial charge < -0.3 is 19.9 Å². The van der Waals surface area contributed by atoms with E-state index in [9.17, 15) is 9.59 Å². The summed E-state index contributed by atoms with van der Waals surface area (Å²) in [5, 5.41) is 18.7. The lowest BCUT2D eigenvalue weighted by Gasteiger charge is -2.23. The number of carbonyl (C=O) groups excluding carboxylic acids is 1. The molecule has 0 saturated heterocycles. The van der Waals surface area contributed by atoms with E-state index < -0.39 is 5.97 Å². The summed E-state index contributed by atoms with van der Waals surface area (Å²) in [6.07, 6.45) is 0.764. The highest BCUT2D eigenvalue weighted by Crippen LogP contribution is 2.27. The van der Waals surface area contributed by atoms with Crippen molar-refractivity contribution in [3.8, 4) is 5.75 Å². The van der Waals surface area contributed by atoms with Gasteiger partial charge in [-0.3, -0.25) is 4.79 Å². The third kappa shape index (κ3) is 5.28. The van der Waals surface area contributed by atoms with Gasteiger partial charge in [0.2, 0.25) is 5.91 Å². The number of hydrogen-bond acceptors (Lipinski definition) is 6. The molecule has 1 unspecified atom stereocenters. The van der Waals surface area contributed by atoms with Crippen LogP contribution in [0.25, 0.3) is 0 Å². The standard InChI is InChI=1S/C17H22N4O5/c1-11(2)26-15(12-6-4-5-7-14(12)25-3)8-18-16(22)10-21-9-13(17(23)24)19-20-21/h4-7,9,11,15H,8,10H2,1-3H3,(H,18,22)(H,23,24). The van der Waals surface area contributed by atoms with Gasteiger partial charge in [-0.25, -0.2) is 9.48 Å². The number of nitrogens with one attached hydrogen (secondary N) is 1. The van der Waals surface area contributed by atoms with Gasteiger partial charge in [0.1, 0.15) is 18.4 Å². The van der Waals surface area contributed by atoms with Gasteiger partial charge in [0.25, 0.3) is 0 Å². The Balaban J connectivity index is 2.01. The number of carboxylic acids is 1. The lowest BCUT2D eigenvalue weighted by atomic mass is 10.1. The molecule has 2 aromatic rings. The maximum absolute atomic E-state index is 12.1. The van der Waals surface area contributed by atoms with Crippen molar-refractivity contribution < 1.29 is 24.2 Å². The van der Waals surface area contributed by atoms with Gasteiger partial charge in [0.15, 0.2) is 5.69 Å². The zero-order valence-electron chi connectivity index (χ0n) is 14.9. The second-order valence-electron chi connectivity index (χ2n) is 5.83. The molecule has 26 heavy (non-hydrogen) atoms. The van der Waals surface area contributed by atoms with Crippen LogP contribution in [0, 0.1) is 0 Å². The van der Waals surface area contributed by atoms with Crippen molar-refractivity contribution in [3.05, 3.63) is 41.7 Å². The van der Waals surface area contributed by atoms with Crippen molar-refractivity contribution in [3.63, 3.8) is 0 Å². The van der Waals surface area contributed by atoms with Crippen LogP contribution in [0.1, 0.15) is 36.0 Å². The number of amides is 1. The highest BCUT2D eigenvalue weighted by atomic mass is 16.5. The molecule has 9 nitrogen and oxygen atoms in total. The summed E-state index contributed by atoms with van der Waals surface area (Å²) in [5.41, 5.74) is 0.616. The zero-order valence-corrected chi connectivity index (χ0v) is 14.9. The van der Waals surface area contributed by atoms with Crippen LogP contribution in [0.15, 0.2) is 30.5 Å². The molecule has 140 valence electrons. The van der Waals surface area contributed by atoms with Crippen LogP contribution >= 0.6 is 0 Å². The van der Waals surface area contributed by atoms with Gasteiger partial charge in [-0.2, -0.15) is 0 Å². The SMILES string of the molecule is COc1ccccc1C(CNC(=O)Cn1cc(C(=O)O)nn1)OC(C)C. The average Bonchev–Trinajstić information content (AvgIpc) is 3.07. The first-order chi connectivity index (χ1) is 12.4. The van der Waals surface area contributed by atoms with Crippen molar-refractivity contribution in [1.82, 2.24) is 20.3 Å². The van der Waals surface area contributed by atoms with Gasteiger partial charge >= 0.3 is 5.97 Å². The Bertz CT molecular complexity index is 759. The quantitative estimate of drug-likeness (QED) is 0.690. The lowest BCUT2D eigenvalue weighted by Crippen LogP contribution is -2.33. The van der Waals surface area contributed by atoms with E-state index >= 15 is 0 Å². The van der Waals surface area contributed by atoms with Gasteiger partial charge in [-0.15, -0.1) is 5.10 Å². The van der Waals surface area contributed by atoms with Crippen molar-refractivity contribution in [2.75, 3.05) is 13.7 Å². The summed E-state index contributed by atoms with van der Waals surface area (Å²) in [4.78, 5) is 22.9. The topological polar surface area (TPSA) is 116 Å². The number of benzene rings is 1. The minimum Gasteiger partial charge on any atom is -0.496 e. The fourth-order valence-corrected chi connectivity index (χ4v) is 2.38. The average molecular weight is 362 g/mol. The smallest absolute Gasteiger partial charge is 0.358 e. The third-order valence-corrected chi connectivity index (χ3v) is 3.47. The number of nitrogens with zero attached hydrogens (tertiary/aromatic N) is 3. The molecule has 0 bridgehead atoms. The van der Waals surface area contributed by atoms with Crippen molar-refractivity contribution in [2.45, 2.75) is 32.6 Å². The molecule has 1 heterocycles. The highest BCUT2D eigenvalue weighted by Gasteiger charge is 2.19. The number of rotatable bonds is 9. The van der Waals surface area contributed by atoms with Gasteiger partial charge in [-0.1, -0.05) is 23.4 Å². The summed E-state index contributed by atoms with van der Waals surface area (Å²) in [7, 11) is 1.58. The van der Waals surface area contributed by atoms with Crippen LogP contribution in [-0.4, -0.2) is 51.7 Å². The first-order valence-electron chi connectivity index (χ1n) is 8.09. The summed E-state index contributed by atoms with van der Waals surface area (Å²) >= 11 is 0. The number of ether oxygens (including phenoxy) is 2. The third-order valence-electron chi connectivity index (χ3n) is 3.47. The fourth-order valence-electron chi connectivity index (χ4n) is 2.38. The molecule has 0 aliphatic carbocycles. The molecule has 1 aromatic carbocycles.